The van der Waals surface area contributed by atoms with Gasteiger partial charge in [0.1, 0.15) is 0 Å². The summed E-state index contributed by atoms with van der Waals surface area (Å²) in [6.07, 6.45) is 10.7. The molecule has 1 saturated carbocycles. The molecule has 0 N–H and O–H groups in total. The smallest absolute Gasteiger partial charge is 0.0702 e. The second-order valence-corrected chi connectivity index (χ2v) is 5.87. The number of nitrogens with zero attached hydrogens (tertiary/aromatic N) is 1. The Kier molecular flexibility index (Phi) is 2.39. The highest BCUT2D eigenvalue weighted by molar-refractivity contribution is 5.41. The Hall–Kier alpha value is -1.37. The summed E-state index contributed by atoms with van der Waals surface area (Å²) in [5.74, 6) is 1.46. The maximum atomic E-state index is 5.00. The fourth-order valence-electron chi connectivity index (χ4n) is 3.89. The molecule has 0 saturated heterocycles. The molecule has 1 aliphatic heterocycles. The third-order valence-electron chi connectivity index (χ3n) is 4.81. The summed E-state index contributed by atoms with van der Waals surface area (Å²) in [5.41, 5.74) is 3.13. The van der Waals surface area contributed by atoms with Gasteiger partial charge in [0.2, 0.25) is 0 Å². The van der Waals surface area contributed by atoms with Gasteiger partial charge in [0.15, 0.2) is 0 Å². The quantitative estimate of drug-likeness (QED) is 0.658. The van der Waals surface area contributed by atoms with Crippen molar-refractivity contribution >= 4 is 6.08 Å². The van der Waals surface area contributed by atoms with Gasteiger partial charge in [0, 0.05) is 11.6 Å². The van der Waals surface area contributed by atoms with E-state index in [1.807, 2.05) is 0 Å². The third kappa shape index (κ3) is 1.57. The van der Waals surface area contributed by atoms with Gasteiger partial charge in [0.05, 0.1) is 5.36 Å². The molecule has 0 amide bonds. The lowest BCUT2D eigenvalue weighted by atomic mass is 9.72. The van der Waals surface area contributed by atoms with E-state index in [0.29, 0.717) is 5.92 Å². The minimum Gasteiger partial charge on any atom is -0.252 e. The molecular formula is C17H19N. The van der Waals surface area contributed by atoms with Crippen LogP contribution in [0.2, 0.25) is 0 Å². The topological polar surface area (TPSA) is 12.4 Å². The van der Waals surface area contributed by atoms with Crippen LogP contribution in [0.3, 0.4) is 0 Å². The van der Waals surface area contributed by atoms with E-state index >= 15 is 0 Å². The summed E-state index contributed by atoms with van der Waals surface area (Å²) in [5, 5.41) is 2.52. The van der Waals surface area contributed by atoms with Gasteiger partial charge >= 0.3 is 0 Å². The summed E-state index contributed by atoms with van der Waals surface area (Å²) < 4.78 is 0. The third-order valence-corrected chi connectivity index (χ3v) is 4.81. The van der Waals surface area contributed by atoms with E-state index in [4.69, 9.17) is 4.99 Å². The summed E-state index contributed by atoms with van der Waals surface area (Å²) in [4.78, 5) is 5.00. The predicted octanol–water partition coefficient (Wildman–Crippen LogP) is 2.95. The molecule has 1 heterocycles. The zero-order chi connectivity index (χ0) is 11.9. The normalized spacial score (nSPS) is 29.6. The lowest BCUT2D eigenvalue weighted by Gasteiger charge is -2.35. The van der Waals surface area contributed by atoms with E-state index < -0.39 is 0 Å². The van der Waals surface area contributed by atoms with Gasteiger partial charge < -0.3 is 0 Å². The summed E-state index contributed by atoms with van der Waals surface area (Å²) in [6.45, 7) is 0. The van der Waals surface area contributed by atoms with Crippen LogP contribution in [0.15, 0.2) is 40.5 Å². The van der Waals surface area contributed by atoms with Gasteiger partial charge in [-0.2, -0.15) is 0 Å². The minimum atomic E-state index is 0.601. The summed E-state index contributed by atoms with van der Waals surface area (Å²) in [6, 6.07) is 8.58. The van der Waals surface area contributed by atoms with Crippen LogP contribution < -0.4 is 10.6 Å². The lowest BCUT2D eigenvalue weighted by molar-refractivity contribution is 0.372. The highest BCUT2D eigenvalue weighted by Crippen LogP contribution is 2.43. The van der Waals surface area contributed by atoms with E-state index in [9.17, 15) is 0 Å². The molecule has 0 aromatic heterocycles. The van der Waals surface area contributed by atoms with Crippen LogP contribution in [-0.2, 0) is 0 Å². The Morgan fingerprint density at radius 3 is 2.94 bits per heavy atom. The van der Waals surface area contributed by atoms with Crippen molar-refractivity contribution in [3.63, 3.8) is 0 Å². The molecular weight excluding hydrogens is 218 g/mol. The SMILES string of the molecule is C1=c2ccccc2=NC2=C3CCCCC3CCC12. The molecule has 1 aromatic carbocycles. The van der Waals surface area contributed by atoms with Crippen molar-refractivity contribution in [3.8, 4) is 0 Å². The molecule has 1 aromatic rings. The van der Waals surface area contributed by atoms with Crippen molar-refractivity contribution in [2.75, 3.05) is 0 Å². The van der Waals surface area contributed by atoms with Gasteiger partial charge in [0.25, 0.3) is 0 Å². The standard InChI is InChI=1S/C17H19N/c1-3-7-15-12(5-1)9-10-14-11-13-6-2-4-8-16(13)18-17(14)15/h2,4,6,8,11-12,14H,1,3,5,7,9-10H2. The van der Waals surface area contributed by atoms with Crippen LogP contribution in [0, 0.1) is 11.8 Å². The Bertz CT molecular complexity index is 623. The maximum Gasteiger partial charge on any atom is 0.0702 e. The van der Waals surface area contributed by atoms with E-state index in [1.165, 1.54) is 54.8 Å². The van der Waals surface area contributed by atoms with Crippen molar-refractivity contribution in [1.82, 2.24) is 0 Å². The van der Waals surface area contributed by atoms with E-state index in [2.05, 4.69) is 30.3 Å². The van der Waals surface area contributed by atoms with Gasteiger partial charge in [-0.05, 0) is 54.9 Å². The summed E-state index contributed by atoms with van der Waals surface area (Å²) in [7, 11) is 0. The van der Waals surface area contributed by atoms with Gasteiger partial charge in [-0.3, -0.25) is 4.99 Å². The first-order valence-electron chi connectivity index (χ1n) is 7.30. The molecule has 1 heteroatoms. The van der Waals surface area contributed by atoms with Crippen LogP contribution in [-0.4, -0.2) is 0 Å². The Labute approximate surface area is 108 Å². The number of hydrogen-bond donors (Lipinski definition) is 0. The van der Waals surface area contributed by atoms with E-state index in [-0.39, 0.29) is 0 Å². The lowest BCUT2D eigenvalue weighted by Crippen LogP contribution is -2.33. The zero-order valence-electron chi connectivity index (χ0n) is 10.7. The number of benzene rings is 1. The molecule has 18 heavy (non-hydrogen) atoms. The first-order valence-corrected chi connectivity index (χ1v) is 7.30. The number of hydrogen-bond acceptors (Lipinski definition) is 1. The van der Waals surface area contributed by atoms with Crippen molar-refractivity contribution in [2.45, 2.75) is 38.5 Å². The van der Waals surface area contributed by atoms with E-state index in [0.717, 1.165) is 5.92 Å². The first kappa shape index (κ1) is 10.5. The van der Waals surface area contributed by atoms with Gasteiger partial charge in [-0.15, -0.1) is 0 Å². The Morgan fingerprint density at radius 1 is 1.00 bits per heavy atom. The Morgan fingerprint density at radius 2 is 1.94 bits per heavy atom. The maximum absolute atomic E-state index is 5.00. The summed E-state index contributed by atoms with van der Waals surface area (Å²) >= 11 is 0. The largest absolute Gasteiger partial charge is 0.252 e. The van der Waals surface area contributed by atoms with Crippen molar-refractivity contribution in [2.24, 2.45) is 16.8 Å². The monoisotopic (exact) mass is 237 g/mol. The second-order valence-electron chi connectivity index (χ2n) is 5.87. The predicted molar refractivity (Wildman–Crippen MR) is 73.4 cm³/mol. The number of fused-ring (bicyclic) bond motifs is 3. The van der Waals surface area contributed by atoms with E-state index in [1.54, 1.807) is 5.57 Å². The number of allylic oxidation sites excluding steroid dienone is 2. The molecule has 2 atom stereocenters. The van der Waals surface area contributed by atoms with Gasteiger partial charge in [-0.1, -0.05) is 30.7 Å². The molecule has 0 radical (unpaired) electrons. The van der Waals surface area contributed by atoms with Crippen LogP contribution in [0.4, 0.5) is 0 Å². The van der Waals surface area contributed by atoms with Crippen LogP contribution in [0.25, 0.3) is 6.08 Å². The van der Waals surface area contributed by atoms with Crippen LogP contribution >= 0.6 is 0 Å². The fraction of sp³-hybridized carbons (Fsp3) is 0.471. The molecule has 1 fully saturated rings. The number of rotatable bonds is 0. The molecule has 3 aliphatic rings. The average Bonchev–Trinajstić information content (AvgIpc) is 2.45. The fourth-order valence-corrected chi connectivity index (χ4v) is 3.89. The number of para-hydroxylation sites is 1. The first-order chi connectivity index (χ1) is 8.92. The van der Waals surface area contributed by atoms with Crippen molar-refractivity contribution < 1.29 is 0 Å². The molecule has 2 unspecified atom stereocenters. The molecule has 92 valence electrons. The molecule has 1 nitrogen and oxygen atoms in total. The van der Waals surface area contributed by atoms with Gasteiger partial charge in [-0.25, -0.2) is 0 Å². The molecule has 0 spiro atoms. The molecule has 4 rings (SSSR count). The molecule has 0 bridgehead atoms. The van der Waals surface area contributed by atoms with Crippen LogP contribution in [0.5, 0.6) is 0 Å². The second kappa shape index (κ2) is 4.08. The highest BCUT2D eigenvalue weighted by atomic mass is 14.8. The van der Waals surface area contributed by atoms with Crippen molar-refractivity contribution in [3.05, 3.63) is 46.1 Å². The Balaban J connectivity index is 1.92. The van der Waals surface area contributed by atoms with Crippen molar-refractivity contribution in [1.29, 1.82) is 0 Å². The average molecular weight is 237 g/mol. The molecule has 2 aliphatic carbocycles. The minimum absolute atomic E-state index is 0.601. The highest BCUT2D eigenvalue weighted by Gasteiger charge is 2.30. The van der Waals surface area contributed by atoms with Crippen LogP contribution in [0.1, 0.15) is 38.5 Å². The zero-order valence-corrected chi connectivity index (χ0v) is 10.7.